The molecule has 10 heteroatoms. The maximum atomic E-state index is 13.1. The van der Waals surface area contributed by atoms with Gasteiger partial charge in [-0.15, -0.1) is 0 Å². The van der Waals surface area contributed by atoms with E-state index in [1.807, 2.05) is 30.3 Å². The smallest absolute Gasteiger partial charge is 0.332 e. The van der Waals surface area contributed by atoms with Crippen LogP contribution in [0.4, 0.5) is 4.79 Å². The SMILES string of the molecule is O=C(NCc1ccco1)C1CN(Cc2ccccc2)CCN1C(=O)NS(=O)(=O)c1ccccc1. The van der Waals surface area contributed by atoms with Crippen LogP contribution in [-0.4, -0.2) is 55.8 Å². The molecule has 1 aliphatic rings. The monoisotopic (exact) mass is 482 g/mol. The van der Waals surface area contributed by atoms with Crippen LogP contribution in [0.15, 0.2) is 88.4 Å². The molecule has 1 unspecified atom stereocenters. The Labute approximate surface area is 198 Å². The summed E-state index contributed by atoms with van der Waals surface area (Å²) >= 11 is 0. The van der Waals surface area contributed by atoms with Crippen LogP contribution in [0.2, 0.25) is 0 Å². The summed E-state index contributed by atoms with van der Waals surface area (Å²) in [5, 5.41) is 2.79. The van der Waals surface area contributed by atoms with Gasteiger partial charge in [0.2, 0.25) is 5.91 Å². The van der Waals surface area contributed by atoms with Crippen molar-refractivity contribution >= 4 is 22.0 Å². The van der Waals surface area contributed by atoms with Crippen LogP contribution in [0.3, 0.4) is 0 Å². The van der Waals surface area contributed by atoms with Gasteiger partial charge in [0.25, 0.3) is 10.0 Å². The quantitative estimate of drug-likeness (QED) is 0.534. The number of carbonyl (C=O) groups excluding carboxylic acids is 2. The largest absolute Gasteiger partial charge is 0.467 e. The zero-order valence-electron chi connectivity index (χ0n) is 18.5. The molecule has 0 saturated carbocycles. The molecule has 178 valence electrons. The second-order valence-corrected chi connectivity index (χ2v) is 9.63. The van der Waals surface area contributed by atoms with E-state index in [9.17, 15) is 18.0 Å². The van der Waals surface area contributed by atoms with Crippen molar-refractivity contribution in [3.63, 3.8) is 0 Å². The minimum absolute atomic E-state index is 0.0233. The fraction of sp³-hybridized carbons (Fsp3) is 0.250. The lowest BCUT2D eigenvalue weighted by atomic mass is 10.1. The first-order valence-electron chi connectivity index (χ1n) is 10.9. The molecule has 9 nitrogen and oxygen atoms in total. The van der Waals surface area contributed by atoms with E-state index in [0.717, 1.165) is 5.56 Å². The average molecular weight is 483 g/mol. The van der Waals surface area contributed by atoms with Gasteiger partial charge in [0, 0.05) is 26.2 Å². The Morgan fingerprint density at radius 2 is 1.65 bits per heavy atom. The summed E-state index contributed by atoms with van der Waals surface area (Å²) in [5.41, 5.74) is 1.09. The van der Waals surface area contributed by atoms with Crippen molar-refractivity contribution in [3.8, 4) is 0 Å². The number of piperazine rings is 1. The Morgan fingerprint density at radius 3 is 2.32 bits per heavy atom. The van der Waals surface area contributed by atoms with E-state index < -0.39 is 22.1 Å². The third-order valence-corrected chi connectivity index (χ3v) is 6.91. The highest BCUT2D eigenvalue weighted by Crippen LogP contribution is 2.16. The number of rotatable bonds is 7. The minimum atomic E-state index is -4.07. The van der Waals surface area contributed by atoms with Gasteiger partial charge in [-0.3, -0.25) is 9.69 Å². The number of nitrogens with zero attached hydrogens (tertiary/aromatic N) is 2. The molecule has 4 rings (SSSR count). The molecule has 1 aromatic heterocycles. The van der Waals surface area contributed by atoms with Crippen LogP contribution in [0, 0.1) is 0 Å². The summed E-state index contributed by atoms with van der Waals surface area (Å²) in [4.78, 5) is 29.4. The number of nitrogens with one attached hydrogen (secondary N) is 2. The molecule has 3 amide bonds. The highest BCUT2D eigenvalue weighted by atomic mass is 32.2. The van der Waals surface area contributed by atoms with Gasteiger partial charge in [0.15, 0.2) is 0 Å². The molecule has 0 aliphatic carbocycles. The molecule has 0 bridgehead atoms. The maximum Gasteiger partial charge on any atom is 0.332 e. The summed E-state index contributed by atoms with van der Waals surface area (Å²) in [6.45, 7) is 1.73. The Bertz CT molecular complexity index is 1200. The van der Waals surface area contributed by atoms with Gasteiger partial charge in [0.1, 0.15) is 11.8 Å². The Kier molecular flexibility index (Phi) is 7.29. The minimum Gasteiger partial charge on any atom is -0.467 e. The Hall–Kier alpha value is -3.63. The lowest BCUT2D eigenvalue weighted by Gasteiger charge is -2.40. The van der Waals surface area contributed by atoms with Gasteiger partial charge < -0.3 is 14.6 Å². The molecule has 34 heavy (non-hydrogen) atoms. The molecule has 2 heterocycles. The second-order valence-electron chi connectivity index (χ2n) is 7.95. The van der Waals surface area contributed by atoms with E-state index >= 15 is 0 Å². The van der Waals surface area contributed by atoms with Crippen LogP contribution < -0.4 is 10.0 Å². The van der Waals surface area contributed by atoms with E-state index in [1.54, 1.807) is 30.3 Å². The molecular weight excluding hydrogens is 456 g/mol. The molecule has 1 aliphatic heterocycles. The van der Waals surface area contributed by atoms with Crippen LogP contribution in [-0.2, 0) is 27.9 Å². The fourth-order valence-corrected chi connectivity index (χ4v) is 4.81. The highest BCUT2D eigenvalue weighted by Gasteiger charge is 2.36. The first-order valence-corrected chi connectivity index (χ1v) is 12.4. The molecule has 3 aromatic rings. The lowest BCUT2D eigenvalue weighted by Crippen LogP contribution is -2.62. The van der Waals surface area contributed by atoms with Gasteiger partial charge in [-0.25, -0.2) is 17.9 Å². The van der Waals surface area contributed by atoms with Crippen LogP contribution in [0.5, 0.6) is 0 Å². The predicted molar refractivity (Wildman–Crippen MR) is 125 cm³/mol. The standard InChI is InChI=1S/C24H26N4O5S/c29-23(25-16-20-10-7-15-33-20)22-18-27(17-19-8-3-1-4-9-19)13-14-28(22)24(30)26-34(31,32)21-11-5-2-6-12-21/h1-12,15,22H,13-14,16-18H2,(H,25,29)(H,26,30). The molecule has 0 radical (unpaired) electrons. The number of furan rings is 1. The maximum absolute atomic E-state index is 13.1. The van der Waals surface area contributed by atoms with Crippen molar-refractivity contribution in [2.45, 2.75) is 24.0 Å². The predicted octanol–water partition coefficient (Wildman–Crippen LogP) is 2.18. The zero-order chi connectivity index (χ0) is 24.0. The van der Waals surface area contributed by atoms with Gasteiger partial charge in [0.05, 0.1) is 17.7 Å². The first kappa shape index (κ1) is 23.5. The van der Waals surface area contributed by atoms with E-state index in [-0.39, 0.29) is 30.4 Å². The van der Waals surface area contributed by atoms with Crippen LogP contribution in [0.1, 0.15) is 11.3 Å². The molecule has 2 aromatic carbocycles. The molecule has 2 N–H and O–H groups in total. The lowest BCUT2D eigenvalue weighted by molar-refractivity contribution is -0.127. The van der Waals surface area contributed by atoms with Crippen molar-refractivity contribution in [3.05, 3.63) is 90.4 Å². The molecule has 1 saturated heterocycles. The van der Waals surface area contributed by atoms with E-state index in [1.165, 1.54) is 23.3 Å². The van der Waals surface area contributed by atoms with Crippen molar-refractivity contribution < 1.29 is 22.4 Å². The van der Waals surface area contributed by atoms with Crippen molar-refractivity contribution in [2.24, 2.45) is 0 Å². The Balaban J connectivity index is 1.49. The number of hydrogen-bond acceptors (Lipinski definition) is 6. The first-order chi connectivity index (χ1) is 16.4. The summed E-state index contributed by atoms with van der Waals surface area (Å²) < 4.78 is 32.7. The summed E-state index contributed by atoms with van der Waals surface area (Å²) in [5.74, 6) is 0.189. The molecular formula is C24H26N4O5S. The molecule has 0 spiro atoms. The van der Waals surface area contributed by atoms with Gasteiger partial charge in [-0.2, -0.15) is 0 Å². The van der Waals surface area contributed by atoms with Gasteiger partial charge in [-0.05, 0) is 29.8 Å². The number of carbonyl (C=O) groups is 2. The fourth-order valence-electron chi connectivity index (χ4n) is 3.83. The van der Waals surface area contributed by atoms with Crippen molar-refractivity contribution in [1.29, 1.82) is 0 Å². The topological polar surface area (TPSA) is 112 Å². The number of urea groups is 1. The van der Waals surface area contributed by atoms with Gasteiger partial charge in [-0.1, -0.05) is 48.5 Å². The second kappa shape index (κ2) is 10.5. The van der Waals surface area contributed by atoms with E-state index in [0.29, 0.717) is 18.8 Å². The van der Waals surface area contributed by atoms with Gasteiger partial charge >= 0.3 is 6.03 Å². The normalized spacial score (nSPS) is 16.7. The highest BCUT2D eigenvalue weighted by molar-refractivity contribution is 7.90. The summed E-state index contributed by atoms with van der Waals surface area (Å²) in [6, 6.07) is 19.2. The summed E-state index contributed by atoms with van der Waals surface area (Å²) in [6.07, 6.45) is 1.51. The number of sulfonamides is 1. The van der Waals surface area contributed by atoms with Crippen LogP contribution >= 0.6 is 0 Å². The van der Waals surface area contributed by atoms with Crippen LogP contribution in [0.25, 0.3) is 0 Å². The Morgan fingerprint density at radius 1 is 0.941 bits per heavy atom. The molecule has 1 atom stereocenters. The number of benzene rings is 2. The van der Waals surface area contributed by atoms with E-state index in [2.05, 4.69) is 14.9 Å². The van der Waals surface area contributed by atoms with Crippen molar-refractivity contribution in [1.82, 2.24) is 19.8 Å². The third kappa shape index (κ3) is 5.83. The number of hydrogen-bond donors (Lipinski definition) is 2. The van der Waals surface area contributed by atoms with E-state index in [4.69, 9.17) is 4.42 Å². The number of amides is 3. The molecule has 1 fully saturated rings. The average Bonchev–Trinajstić information content (AvgIpc) is 3.37. The summed E-state index contributed by atoms with van der Waals surface area (Å²) in [7, 11) is -4.07. The third-order valence-electron chi connectivity index (χ3n) is 5.57. The zero-order valence-corrected chi connectivity index (χ0v) is 19.3. The van der Waals surface area contributed by atoms with Crippen molar-refractivity contribution in [2.75, 3.05) is 19.6 Å².